The zero-order valence-electron chi connectivity index (χ0n) is 13.9. The number of fused-ring (bicyclic) bond motifs is 3. The van der Waals surface area contributed by atoms with Gasteiger partial charge in [0.25, 0.3) is 0 Å². The van der Waals surface area contributed by atoms with Crippen molar-refractivity contribution < 1.29 is 4.79 Å². The molecule has 0 bridgehead atoms. The van der Waals surface area contributed by atoms with Crippen LogP contribution >= 0.6 is 0 Å². The molecule has 0 aliphatic carbocycles. The Bertz CT molecular complexity index is 1230. The summed E-state index contributed by atoms with van der Waals surface area (Å²) in [5, 5.41) is 2.35. The Morgan fingerprint density at radius 3 is 2.15 bits per heavy atom. The van der Waals surface area contributed by atoms with Crippen molar-refractivity contribution in [2.75, 3.05) is 0 Å². The van der Waals surface area contributed by atoms with Crippen LogP contribution in [0.2, 0.25) is 0 Å². The van der Waals surface area contributed by atoms with Gasteiger partial charge in [-0.15, -0.1) is 0 Å². The molecule has 0 saturated carbocycles. The molecule has 3 aromatic carbocycles. The zero-order chi connectivity index (χ0) is 17.5. The van der Waals surface area contributed by atoms with Crippen molar-refractivity contribution >= 4 is 42.2 Å². The zero-order valence-corrected chi connectivity index (χ0v) is 15.6. The van der Waals surface area contributed by atoms with Crippen LogP contribution in [0.25, 0.3) is 31.8 Å². The summed E-state index contributed by atoms with van der Waals surface area (Å²) in [7, 11) is 0. The van der Waals surface area contributed by atoms with E-state index in [2.05, 4.69) is 35.3 Å². The molecule has 0 spiro atoms. The van der Waals surface area contributed by atoms with E-state index in [1.807, 2.05) is 59.2 Å². The summed E-state index contributed by atoms with van der Waals surface area (Å²) in [4.78, 5) is 15.7. The molecule has 2 aromatic heterocycles. The molecule has 0 N–H and O–H groups in total. The maximum absolute atomic E-state index is 13.4. The normalized spacial score (nSPS) is 11.2. The number of para-hydroxylation sites is 1. The second-order valence-electron chi connectivity index (χ2n) is 6.22. The molecule has 0 saturated heterocycles. The van der Waals surface area contributed by atoms with Crippen molar-refractivity contribution in [1.29, 1.82) is 0 Å². The minimum absolute atomic E-state index is 0.0302. The molecule has 2 nitrogen and oxygen atoms in total. The summed E-state index contributed by atoms with van der Waals surface area (Å²) < 4.78 is 3.18. The Morgan fingerprint density at radius 2 is 1.38 bits per heavy atom. The fraction of sp³-hybridized carbons (Fsp3) is 0. The Labute approximate surface area is 157 Å². The molecule has 0 atom stereocenters. The van der Waals surface area contributed by atoms with Crippen LogP contribution in [-0.4, -0.2) is 25.0 Å². The standard InChI is InChI=1S/C23H15NOSe/c25-23(17-11-5-2-6-12-17)24-20-14-8-7-13-18(20)19-15-26-22(21(19)24)16-9-3-1-4-10-16/h1-15H. The van der Waals surface area contributed by atoms with Crippen LogP contribution in [0.15, 0.2) is 89.9 Å². The molecule has 0 fully saturated rings. The van der Waals surface area contributed by atoms with Crippen LogP contribution in [0, 0.1) is 0 Å². The first-order chi connectivity index (χ1) is 12.8. The van der Waals surface area contributed by atoms with Crippen LogP contribution in [0.4, 0.5) is 0 Å². The van der Waals surface area contributed by atoms with E-state index in [9.17, 15) is 4.79 Å². The van der Waals surface area contributed by atoms with Gasteiger partial charge in [-0.05, 0) is 0 Å². The van der Waals surface area contributed by atoms with Crippen molar-refractivity contribution in [3.05, 3.63) is 95.4 Å². The fourth-order valence-corrected chi connectivity index (χ4v) is 5.72. The van der Waals surface area contributed by atoms with Gasteiger partial charge in [0, 0.05) is 0 Å². The second kappa shape index (κ2) is 6.14. The second-order valence-corrected chi connectivity index (χ2v) is 8.06. The van der Waals surface area contributed by atoms with E-state index >= 15 is 0 Å². The third-order valence-electron chi connectivity index (χ3n) is 4.68. The molecule has 3 heteroatoms. The summed E-state index contributed by atoms with van der Waals surface area (Å²) in [5.41, 5.74) is 3.95. The molecule has 2 heterocycles. The van der Waals surface area contributed by atoms with Crippen LogP contribution in [0.1, 0.15) is 10.4 Å². The molecule has 26 heavy (non-hydrogen) atoms. The number of aromatic nitrogens is 1. The van der Waals surface area contributed by atoms with Crippen LogP contribution in [0.3, 0.4) is 0 Å². The first-order valence-electron chi connectivity index (χ1n) is 8.50. The maximum atomic E-state index is 13.4. The molecule has 0 unspecified atom stereocenters. The van der Waals surface area contributed by atoms with Crippen molar-refractivity contribution in [3.63, 3.8) is 0 Å². The average Bonchev–Trinajstić information content (AvgIpc) is 3.27. The van der Waals surface area contributed by atoms with Gasteiger partial charge in [0.15, 0.2) is 0 Å². The minimum atomic E-state index is 0.0302. The molecule has 5 rings (SSSR count). The van der Waals surface area contributed by atoms with Gasteiger partial charge in [0.2, 0.25) is 0 Å². The Morgan fingerprint density at radius 1 is 0.731 bits per heavy atom. The third-order valence-corrected chi connectivity index (χ3v) is 6.82. The number of carbonyl (C=O) groups excluding carboxylic acids is 1. The number of hydrogen-bond acceptors (Lipinski definition) is 1. The summed E-state index contributed by atoms with van der Waals surface area (Å²) in [6.07, 6.45) is 0. The molecule has 124 valence electrons. The molecule has 5 aromatic rings. The summed E-state index contributed by atoms with van der Waals surface area (Å²) in [6.45, 7) is 0. The fourth-order valence-electron chi connectivity index (χ4n) is 3.50. The molecule has 0 amide bonds. The number of rotatable bonds is 2. The van der Waals surface area contributed by atoms with Gasteiger partial charge >= 0.3 is 157 Å². The number of benzene rings is 3. The first-order valence-corrected chi connectivity index (χ1v) is 10.3. The topological polar surface area (TPSA) is 22.0 Å². The quantitative estimate of drug-likeness (QED) is 0.373. The van der Waals surface area contributed by atoms with E-state index in [0.717, 1.165) is 16.4 Å². The molecule has 0 radical (unpaired) electrons. The van der Waals surface area contributed by atoms with Crippen molar-refractivity contribution in [1.82, 2.24) is 4.57 Å². The van der Waals surface area contributed by atoms with Crippen molar-refractivity contribution in [2.24, 2.45) is 0 Å². The molecule has 0 aliphatic heterocycles. The van der Waals surface area contributed by atoms with E-state index in [0.29, 0.717) is 5.56 Å². The predicted octanol–water partition coefficient (Wildman–Crippen LogP) is 5.21. The van der Waals surface area contributed by atoms with Crippen LogP contribution < -0.4 is 0 Å². The van der Waals surface area contributed by atoms with Gasteiger partial charge in [-0.1, -0.05) is 0 Å². The van der Waals surface area contributed by atoms with Crippen LogP contribution in [-0.2, 0) is 0 Å². The number of hydrogen-bond donors (Lipinski definition) is 0. The Hall–Kier alpha value is -2.87. The van der Waals surface area contributed by atoms with E-state index in [1.54, 1.807) is 0 Å². The van der Waals surface area contributed by atoms with Crippen molar-refractivity contribution in [3.8, 4) is 10.0 Å². The predicted molar refractivity (Wildman–Crippen MR) is 108 cm³/mol. The van der Waals surface area contributed by atoms with Gasteiger partial charge in [-0.25, -0.2) is 0 Å². The van der Waals surface area contributed by atoms with Gasteiger partial charge in [-0.2, -0.15) is 0 Å². The van der Waals surface area contributed by atoms with Gasteiger partial charge in [-0.3, -0.25) is 0 Å². The monoisotopic (exact) mass is 401 g/mol. The number of nitrogens with zero attached hydrogens (tertiary/aromatic N) is 1. The number of carbonyl (C=O) groups is 1. The molecular formula is C23H15NOSe. The van der Waals surface area contributed by atoms with Gasteiger partial charge in [0.05, 0.1) is 0 Å². The van der Waals surface area contributed by atoms with E-state index in [4.69, 9.17) is 0 Å². The average molecular weight is 400 g/mol. The molecule has 0 aliphatic rings. The van der Waals surface area contributed by atoms with Crippen LogP contribution in [0.5, 0.6) is 0 Å². The SMILES string of the molecule is O=C(c1ccccc1)n1c2ccccc2c2c[se]c(-c3ccccc3)c21. The Kier molecular flexibility index (Phi) is 3.63. The molecular weight excluding hydrogens is 385 g/mol. The Balaban J connectivity index is 1.88. The van der Waals surface area contributed by atoms with Crippen molar-refractivity contribution in [2.45, 2.75) is 0 Å². The first kappa shape index (κ1) is 15.4. The van der Waals surface area contributed by atoms with E-state index < -0.39 is 0 Å². The summed E-state index contributed by atoms with van der Waals surface area (Å²) in [5.74, 6) is 0.0302. The van der Waals surface area contributed by atoms with E-state index in [1.165, 1.54) is 15.4 Å². The van der Waals surface area contributed by atoms with Gasteiger partial charge < -0.3 is 0 Å². The summed E-state index contributed by atoms with van der Waals surface area (Å²) in [6, 6.07) is 28.1. The third kappa shape index (κ3) is 2.29. The van der Waals surface area contributed by atoms with E-state index in [-0.39, 0.29) is 20.4 Å². The van der Waals surface area contributed by atoms with Gasteiger partial charge in [0.1, 0.15) is 0 Å². The summed E-state index contributed by atoms with van der Waals surface area (Å²) >= 11 is 0.217.